The maximum Gasteiger partial charge on any atom is 0.258 e. The number of carbonyl (C=O) groups excluding carboxylic acids is 1. The summed E-state index contributed by atoms with van der Waals surface area (Å²) in [5.41, 5.74) is 5.37. The van der Waals surface area contributed by atoms with E-state index in [1.54, 1.807) is 49.7 Å². The Morgan fingerprint density at radius 3 is 2.61 bits per heavy atom. The fraction of sp³-hybridized carbons (Fsp3) is 0.0741. The number of benzene rings is 3. The van der Waals surface area contributed by atoms with E-state index in [2.05, 4.69) is 26.3 Å². The number of nitriles is 1. The SMILES string of the molecule is COc1ccc(Cl)cc1-c1cc(C)ccc1C(=O)Nc1nc2ncc(-c3ccc(C#N)cc3)nc2s1. The minimum atomic E-state index is -0.321. The van der Waals surface area contributed by atoms with Gasteiger partial charge in [0, 0.05) is 21.7 Å². The summed E-state index contributed by atoms with van der Waals surface area (Å²) in [6, 6.07) is 20.1. The number of nitrogens with zero attached hydrogens (tertiary/aromatic N) is 4. The molecule has 0 unspecified atom stereocenters. The average Bonchev–Trinajstić information content (AvgIpc) is 3.30. The highest BCUT2D eigenvalue weighted by molar-refractivity contribution is 7.21. The van der Waals surface area contributed by atoms with Crippen molar-refractivity contribution in [3.05, 3.63) is 88.6 Å². The minimum Gasteiger partial charge on any atom is -0.496 e. The van der Waals surface area contributed by atoms with Gasteiger partial charge >= 0.3 is 0 Å². The second-order valence-electron chi connectivity index (χ2n) is 7.94. The molecule has 0 bridgehead atoms. The number of aromatic nitrogens is 3. The number of fused-ring (bicyclic) bond motifs is 1. The zero-order valence-corrected chi connectivity index (χ0v) is 20.8. The summed E-state index contributed by atoms with van der Waals surface area (Å²) in [4.78, 5) is 27.4. The molecular formula is C27H18ClN5O2S. The summed E-state index contributed by atoms with van der Waals surface area (Å²) in [5, 5.41) is 12.8. The van der Waals surface area contributed by atoms with Crippen LogP contribution in [0.2, 0.25) is 5.02 Å². The van der Waals surface area contributed by atoms with E-state index < -0.39 is 0 Å². The lowest BCUT2D eigenvalue weighted by molar-refractivity contribution is 0.102. The lowest BCUT2D eigenvalue weighted by Gasteiger charge is -2.14. The number of thiazole rings is 1. The molecule has 7 nitrogen and oxygen atoms in total. The standard InChI is InChI=1S/C27H18ClN5O2S/c1-15-3-9-19(20(11-15)21-12-18(28)8-10-23(21)35-2)25(34)33-27-32-24-26(36-27)31-22(14-30-24)17-6-4-16(13-29)5-7-17/h3-12,14H,1-2H3,(H,30,32,33,34). The number of methoxy groups -OCH3 is 1. The Kier molecular flexibility index (Phi) is 6.34. The van der Waals surface area contributed by atoms with Gasteiger partial charge in [0.1, 0.15) is 5.75 Å². The molecule has 9 heteroatoms. The molecule has 176 valence electrons. The van der Waals surface area contributed by atoms with E-state index in [0.717, 1.165) is 16.7 Å². The summed E-state index contributed by atoms with van der Waals surface area (Å²) in [5.74, 6) is 0.293. The second kappa shape index (κ2) is 9.74. The second-order valence-corrected chi connectivity index (χ2v) is 9.35. The third-order valence-electron chi connectivity index (χ3n) is 5.52. The smallest absolute Gasteiger partial charge is 0.258 e. The van der Waals surface area contributed by atoms with Gasteiger partial charge in [0.2, 0.25) is 0 Å². The van der Waals surface area contributed by atoms with Gasteiger partial charge < -0.3 is 4.74 Å². The van der Waals surface area contributed by atoms with Crippen molar-refractivity contribution in [1.29, 1.82) is 5.26 Å². The molecule has 2 heterocycles. The van der Waals surface area contributed by atoms with Crippen molar-refractivity contribution < 1.29 is 9.53 Å². The summed E-state index contributed by atoms with van der Waals surface area (Å²) in [6.07, 6.45) is 1.62. The van der Waals surface area contributed by atoms with E-state index in [0.29, 0.717) is 48.8 Å². The monoisotopic (exact) mass is 511 g/mol. The van der Waals surface area contributed by atoms with Crippen LogP contribution in [0.15, 0.2) is 66.9 Å². The average molecular weight is 512 g/mol. The Bertz CT molecular complexity index is 1660. The lowest BCUT2D eigenvalue weighted by atomic mass is 9.96. The summed E-state index contributed by atoms with van der Waals surface area (Å²) in [6.45, 7) is 1.96. The molecule has 5 rings (SSSR count). The fourth-order valence-corrected chi connectivity index (χ4v) is 4.73. The summed E-state index contributed by atoms with van der Waals surface area (Å²) >= 11 is 7.49. The van der Waals surface area contributed by atoms with Crippen LogP contribution in [0.4, 0.5) is 5.13 Å². The molecule has 1 amide bonds. The normalized spacial score (nSPS) is 10.7. The Hall–Kier alpha value is -4.32. The van der Waals surface area contributed by atoms with E-state index in [4.69, 9.17) is 21.6 Å². The molecule has 1 N–H and O–H groups in total. The Morgan fingerprint density at radius 2 is 1.86 bits per heavy atom. The molecule has 0 aliphatic rings. The predicted molar refractivity (Wildman–Crippen MR) is 141 cm³/mol. The van der Waals surface area contributed by atoms with Gasteiger partial charge in [-0.15, -0.1) is 0 Å². The highest BCUT2D eigenvalue weighted by atomic mass is 35.5. The number of halogens is 1. The van der Waals surface area contributed by atoms with E-state index in [1.807, 2.05) is 31.2 Å². The zero-order chi connectivity index (χ0) is 25.2. The molecule has 36 heavy (non-hydrogen) atoms. The molecule has 0 fully saturated rings. The van der Waals surface area contributed by atoms with Crippen LogP contribution in [0.3, 0.4) is 0 Å². The van der Waals surface area contributed by atoms with Crippen molar-refractivity contribution in [2.45, 2.75) is 6.92 Å². The lowest BCUT2D eigenvalue weighted by Crippen LogP contribution is -2.13. The fourth-order valence-electron chi connectivity index (χ4n) is 3.76. The van der Waals surface area contributed by atoms with E-state index in [-0.39, 0.29) is 5.91 Å². The van der Waals surface area contributed by atoms with Crippen molar-refractivity contribution in [1.82, 2.24) is 15.0 Å². The van der Waals surface area contributed by atoms with E-state index >= 15 is 0 Å². The van der Waals surface area contributed by atoms with Crippen molar-refractivity contribution in [3.8, 4) is 34.2 Å². The highest BCUT2D eigenvalue weighted by Gasteiger charge is 2.19. The molecule has 0 atom stereocenters. The van der Waals surface area contributed by atoms with Crippen molar-refractivity contribution in [2.24, 2.45) is 0 Å². The Balaban J connectivity index is 1.47. The molecule has 0 saturated carbocycles. The van der Waals surface area contributed by atoms with Crippen LogP contribution in [-0.4, -0.2) is 28.0 Å². The highest BCUT2D eigenvalue weighted by Crippen LogP contribution is 2.36. The van der Waals surface area contributed by atoms with Crippen LogP contribution in [0.5, 0.6) is 5.75 Å². The number of rotatable bonds is 5. The van der Waals surface area contributed by atoms with Crippen LogP contribution in [0.25, 0.3) is 32.9 Å². The first-order valence-electron chi connectivity index (χ1n) is 10.8. The first-order chi connectivity index (χ1) is 17.4. The number of hydrogen-bond acceptors (Lipinski definition) is 7. The van der Waals surface area contributed by atoms with Crippen molar-refractivity contribution in [2.75, 3.05) is 12.4 Å². The topological polar surface area (TPSA) is 101 Å². The molecule has 0 aliphatic carbocycles. The minimum absolute atomic E-state index is 0.321. The Morgan fingerprint density at radius 1 is 1.06 bits per heavy atom. The quantitative estimate of drug-likeness (QED) is 0.288. The van der Waals surface area contributed by atoms with E-state index in [9.17, 15) is 4.79 Å². The van der Waals surface area contributed by atoms with Crippen LogP contribution >= 0.6 is 22.9 Å². The van der Waals surface area contributed by atoms with Gasteiger partial charge in [0.05, 0.1) is 30.6 Å². The van der Waals surface area contributed by atoms with Crippen molar-refractivity contribution >= 4 is 44.5 Å². The van der Waals surface area contributed by atoms with Crippen LogP contribution < -0.4 is 10.1 Å². The maximum absolute atomic E-state index is 13.3. The van der Waals surface area contributed by atoms with Crippen LogP contribution in [0, 0.1) is 18.3 Å². The van der Waals surface area contributed by atoms with Gasteiger partial charge in [-0.2, -0.15) is 10.2 Å². The van der Waals surface area contributed by atoms with Crippen LogP contribution in [0.1, 0.15) is 21.5 Å². The molecule has 5 aromatic rings. The van der Waals surface area contributed by atoms with Gasteiger partial charge in [-0.3, -0.25) is 10.1 Å². The van der Waals surface area contributed by atoms with Gasteiger partial charge in [0.15, 0.2) is 15.6 Å². The number of anilines is 1. The number of aryl methyl sites for hydroxylation is 1. The third kappa shape index (κ3) is 4.62. The molecule has 0 saturated heterocycles. The molecule has 0 spiro atoms. The largest absolute Gasteiger partial charge is 0.496 e. The van der Waals surface area contributed by atoms with Gasteiger partial charge in [0.25, 0.3) is 5.91 Å². The Labute approximate surface area is 216 Å². The first-order valence-corrected chi connectivity index (χ1v) is 12.0. The van der Waals surface area contributed by atoms with Gasteiger partial charge in [-0.25, -0.2) is 9.97 Å². The number of carbonyl (C=O) groups is 1. The zero-order valence-electron chi connectivity index (χ0n) is 19.2. The summed E-state index contributed by atoms with van der Waals surface area (Å²) < 4.78 is 5.52. The molecule has 0 aliphatic heterocycles. The number of ether oxygens (including phenoxy) is 1. The first kappa shape index (κ1) is 23.4. The van der Waals surface area contributed by atoms with E-state index in [1.165, 1.54) is 11.3 Å². The number of amides is 1. The molecule has 2 aromatic heterocycles. The maximum atomic E-state index is 13.3. The van der Waals surface area contributed by atoms with Crippen LogP contribution in [-0.2, 0) is 0 Å². The van der Waals surface area contributed by atoms with Crippen molar-refractivity contribution in [3.63, 3.8) is 0 Å². The third-order valence-corrected chi connectivity index (χ3v) is 6.61. The number of nitrogens with one attached hydrogen (secondary N) is 1. The number of hydrogen-bond donors (Lipinski definition) is 1. The summed E-state index contributed by atoms with van der Waals surface area (Å²) in [7, 11) is 1.58. The van der Waals surface area contributed by atoms with Gasteiger partial charge in [-0.05, 0) is 48.9 Å². The molecule has 3 aromatic carbocycles. The molecular weight excluding hydrogens is 494 g/mol. The molecule has 0 radical (unpaired) electrons. The van der Waals surface area contributed by atoms with Gasteiger partial charge in [-0.1, -0.05) is 52.8 Å². The predicted octanol–water partition coefficient (Wildman–Crippen LogP) is 6.51.